The third-order valence-electron chi connectivity index (χ3n) is 5.15. The molecule has 170 valence electrons. The van der Waals surface area contributed by atoms with E-state index < -0.39 is 0 Å². The largest absolute Gasteiger partial charge is 0.497 e. The van der Waals surface area contributed by atoms with Gasteiger partial charge in [-0.25, -0.2) is 0 Å². The molecule has 31 heavy (non-hydrogen) atoms. The number of amides is 1. The number of nitrogens with one attached hydrogen (secondary N) is 1. The quantitative estimate of drug-likeness (QED) is 0.241. The fraction of sp³-hybridized carbons (Fsp3) is 0.500. The number of hydrogen-bond donors (Lipinski definition) is 1. The molecule has 1 amide bonds. The van der Waals surface area contributed by atoms with Crippen molar-refractivity contribution in [2.24, 2.45) is 12.0 Å². The Morgan fingerprint density at radius 3 is 2.61 bits per heavy atom. The second-order valence-electron chi connectivity index (χ2n) is 7.38. The fourth-order valence-corrected chi connectivity index (χ4v) is 3.52. The standard InChI is InChI=1S/C22H32N6O2.HI/c1-4-23-22(24-12-6-5-7-18-8-10-20(30-3)11-9-18)27-13-14-28(21(29)17-27)19-15-25-26(2)16-19;/h8-11,15-16H,4-7,12-14,17H2,1-3H3,(H,23,24);1H. The van der Waals surface area contributed by atoms with Crippen molar-refractivity contribution in [2.75, 3.05) is 44.7 Å². The number of ether oxygens (including phenoxy) is 1. The fourth-order valence-electron chi connectivity index (χ4n) is 3.52. The number of aromatic nitrogens is 2. The number of rotatable bonds is 8. The molecular weight excluding hydrogens is 507 g/mol. The van der Waals surface area contributed by atoms with Crippen molar-refractivity contribution >= 4 is 41.5 Å². The SMILES string of the molecule is CCNC(=NCCCCc1ccc(OC)cc1)N1CCN(c2cnn(C)c2)C(=O)C1.I. The van der Waals surface area contributed by atoms with Crippen molar-refractivity contribution in [3.63, 3.8) is 0 Å². The van der Waals surface area contributed by atoms with Crippen molar-refractivity contribution in [1.82, 2.24) is 20.0 Å². The molecule has 2 heterocycles. The number of piperazine rings is 1. The molecular formula is C22H33IN6O2. The lowest BCUT2D eigenvalue weighted by Crippen LogP contribution is -2.55. The summed E-state index contributed by atoms with van der Waals surface area (Å²) in [6, 6.07) is 8.22. The van der Waals surface area contributed by atoms with Gasteiger partial charge in [0.25, 0.3) is 0 Å². The minimum atomic E-state index is 0. The zero-order valence-electron chi connectivity index (χ0n) is 18.6. The van der Waals surface area contributed by atoms with Gasteiger partial charge in [-0.15, -0.1) is 24.0 Å². The maximum atomic E-state index is 12.7. The molecule has 3 rings (SSSR count). The lowest BCUT2D eigenvalue weighted by Gasteiger charge is -2.35. The van der Waals surface area contributed by atoms with E-state index in [1.54, 1.807) is 22.9 Å². The molecule has 0 saturated carbocycles. The molecule has 9 heteroatoms. The van der Waals surface area contributed by atoms with Crippen LogP contribution in [0.25, 0.3) is 0 Å². The Morgan fingerprint density at radius 2 is 2.00 bits per heavy atom. The van der Waals surface area contributed by atoms with Crippen LogP contribution < -0.4 is 15.0 Å². The van der Waals surface area contributed by atoms with Gasteiger partial charge < -0.3 is 19.9 Å². The molecule has 1 saturated heterocycles. The molecule has 1 aromatic carbocycles. The van der Waals surface area contributed by atoms with Gasteiger partial charge >= 0.3 is 0 Å². The van der Waals surface area contributed by atoms with Crippen LogP contribution in [-0.2, 0) is 18.3 Å². The summed E-state index contributed by atoms with van der Waals surface area (Å²) >= 11 is 0. The predicted molar refractivity (Wildman–Crippen MR) is 134 cm³/mol. The van der Waals surface area contributed by atoms with Gasteiger partial charge in [0.05, 0.1) is 19.0 Å². The van der Waals surface area contributed by atoms with Gasteiger partial charge in [-0.3, -0.25) is 14.5 Å². The summed E-state index contributed by atoms with van der Waals surface area (Å²) in [6.45, 7) is 5.28. The van der Waals surface area contributed by atoms with Crippen LogP contribution in [0.15, 0.2) is 41.7 Å². The number of anilines is 1. The summed E-state index contributed by atoms with van der Waals surface area (Å²) in [5.74, 6) is 1.78. The van der Waals surface area contributed by atoms with Crippen molar-refractivity contribution in [3.05, 3.63) is 42.2 Å². The molecule has 1 N–H and O–H groups in total. The van der Waals surface area contributed by atoms with Gasteiger partial charge in [0.2, 0.25) is 5.91 Å². The van der Waals surface area contributed by atoms with Gasteiger partial charge in [-0.2, -0.15) is 5.10 Å². The first-order valence-electron chi connectivity index (χ1n) is 10.6. The Labute approximate surface area is 201 Å². The molecule has 0 bridgehead atoms. The van der Waals surface area contributed by atoms with E-state index in [4.69, 9.17) is 9.73 Å². The summed E-state index contributed by atoms with van der Waals surface area (Å²) in [7, 11) is 3.54. The predicted octanol–water partition coefficient (Wildman–Crippen LogP) is 2.68. The lowest BCUT2D eigenvalue weighted by molar-refractivity contribution is -0.120. The Kier molecular flexibility index (Phi) is 10.1. The highest BCUT2D eigenvalue weighted by Crippen LogP contribution is 2.16. The first kappa shape index (κ1) is 25.0. The van der Waals surface area contributed by atoms with Crippen LogP contribution in [0.3, 0.4) is 0 Å². The third-order valence-corrected chi connectivity index (χ3v) is 5.15. The van der Waals surface area contributed by atoms with Crippen LogP contribution in [0, 0.1) is 0 Å². The zero-order valence-corrected chi connectivity index (χ0v) is 20.9. The van der Waals surface area contributed by atoms with E-state index in [-0.39, 0.29) is 29.9 Å². The van der Waals surface area contributed by atoms with Crippen LogP contribution >= 0.6 is 24.0 Å². The van der Waals surface area contributed by atoms with Crippen LogP contribution in [0.5, 0.6) is 5.75 Å². The molecule has 0 unspecified atom stereocenters. The molecule has 1 fully saturated rings. The molecule has 8 nitrogen and oxygen atoms in total. The normalized spacial score (nSPS) is 14.4. The number of benzene rings is 1. The average Bonchev–Trinajstić information content (AvgIpc) is 3.19. The van der Waals surface area contributed by atoms with Crippen LogP contribution in [0.2, 0.25) is 0 Å². The number of halogens is 1. The molecule has 1 aromatic heterocycles. The lowest BCUT2D eigenvalue weighted by atomic mass is 10.1. The second-order valence-corrected chi connectivity index (χ2v) is 7.38. The smallest absolute Gasteiger partial charge is 0.246 e. The molecule has 1 aliphatic rings. The van der Waals surface area contributed by atoms with Crippen molar-refractivity contribution in [1.29, 1.82) is 0 Å². The number of aliphatic imine (C=N–C) groups is 1. The summed E-state index contributed by atoms with van der Waals surface area (Å²) in [4.78, 5) is 21.3. The van der Waals surface area contributed by atoms with Crippen LogP contribution in [-0.4, -0.2) is 66.4 Å². The molecule has 0 aliphatic carbocycles. The molecule has 2 aromatic rings. The van der Waals surface area contributed by atoms with E-state index >= 15 is 0 Å². The number of methoxy groups -OCH3 is 1. The Balaban J connectivity index is 0.00000341. The highest BCUT2D eigenvalue weighted by atomic mass is 127. The van der Waals surface area contributed by atoms with Gasteiger partial charge in [0.1, 0.15) is 12.3 Å². The van der Waals surface area contributed by atoms with Gasteiger partial charge in [0, 0.05) is 39.4 Å². The maximum Gasteiger partial charge on any atom is 0.246 e. The van der Waals surface area contributed by atoms with Crippen LogP contribution in [0.4, 0.5) is 5.69 Å². The van der Waals surface area contributed by atoms with E-state index in [0.717, 1.165) is 56.3 Å². The van der Waals surface area contributed by atoms with Crippen molar-refractivity contribution in [3.8, 4) is 5.75 Å². The second kappa shape index (κ2) is 12.5. The Bertz CT molecular complexity index is 852. The molecule has 1 aliphatic heterocycles. The van der Waals surface area contributed by atoms with Crippen molar-refractivity contribution in [2.45, 2.75) is 26.2 Å². The number of carbonyl (C=O) groups excluding carboxylic acids is 1. The van der Waals surface area contributed by atoms with Crippen LogP contribution in [0.1, 0.15) is 25.3 Å². The minimum Gasteiger partial charge on any atom is -0.497 e. The van der Waals surface area contributed by atoms with E-state index in [9.17, 15) is 4.79 Å². The average molecular weight is 540 g/mol. The minimum absolute atomic E-state index is 0. The topological polar surface area (TPSA) is 75.0 Å². The number of nitrogens with zero attached hydrogens (tertiary/aromatic N) is 5. The number of hydrogen-bond acceptors (Lipinski definition) is 4. The number of guanidine groups is 1. The number of carbonyl (C=O) groups is 1. The van der Waals surface area contributed by atoms with Gasteiger partial charge in [0.15, 0.2) is 5.96 Å². The number of aryl methyl sites for hydroxylation is 2. The summed E-state index contributed by atoms with van der Waals surface area (Å²) < 4.78 is 6.91. The molecule has 0 radical (unpaired) electrons. The highest BCUT2D eigenvalue weighted by Gasteiger charge is 2.27. The highest BCUT2D eigenvalue weighted by molar-refractivity contribution is 14.0. The maximum absolute atomic E-state index is 12.7. The molecule has 0 spiro atoms. The third kappa shape index (κ3) is 7.12. The van der Waals surface area contributed by atoms with E-state index in [2.05, 4.69) is 22.5 Å². The van der Waals surface area contributed by atoms with E-state index in [0.29, 0.717) is 13.1 Å². The monoisotopic (exact) mass is 540 g/mol. The van der Waals surface area contributed by atoms with Gasteiger partial charge in [-0.05, 0) is 43.9 Å². The van der Waals surface area contributed by atoms with E-state index in [1.807, 2.05) is 37.2 Å². The first-order chi connectivity index (χ1) is 14.6. The summed E-state index contributed by atoms with van der Waals surface area (Å²) in [5.41, 5.74) is 2.16. The number of unbranched alkanes of at least 4 members (excludes halogenated alkanes) is 1. The van der Waals surface area contributed by atoms with Crippen molar-refractivity contribution < 1.29 is 9.53 Å². The summed E-state index contributed by atoms with van der Waals surface area (Å²) in [5, 5.41) is 7.49. The summed E-state index contributed by atoms with van der Waals surface area (Å²) in [6.07, 6.45) is 6.71. The zero-order chi connectivity index (χ0) is 21.3. The van der Waals surface area contributed by atoms with Gasteiger partial charge in [-0.1, -0.05) is 12.1 Å². The van der Waals surface area contributed by atoms with E-state index in [1.165, 1.54) is 5.56 Å². The first-order valence-corrected chi connectivity index (χ1v) is 10.6. The molecule has 0 atom stereocenters. The Hall–Kier alpha value is -2.30. The Morgan fingerprint density at radius 1 is 1.23 bits per heavy atom.